The molecule has 0 atom stereocenters. The first-order chi connectivity index (χ1) is 13.6. The van der Waals surface area contributed by atoms with Crippen molar-refractivity contribution in [1.82, 2.24) is 15.1 Å². The van der Waals surface area contributed by atoms with Crippen LogP contribution < -0.4 is 14.8 Å². The zero-order chi connectivity index (χ0) is 19.5. The van der Waals surface area contributed by atoms with Crippen LogP contribution in [-0.4, -0.2) is 28.5 Å². The molecule has 0 spiro atoms. The fraction of sp³-hybridized carbons (Fsp3) is 0.273. The molecule has 2 aromatic carbocycles. The van der Waals surface area contributed by atoms with Gasteiger partial charge >= 0.3 is 0 Å². The maximum absolute atomic E-state index is 12.1. The molecule has 0 saturated heterocycles. The minimum atomic E-state index is 0.0408. The molecular weight excluding hydrogens is 354 g/mol. The average molecular weight is 377 g/mol. The van der Waals surface area contributed by atoms with E-state index in [1.165, 1.54) is 0 Å². The van der Waals surface area contributed by atoms with Gasteiger partial charge in [0.05, 0.1) is 11.4 Å². The van der Waals surface area contributed by atoms with Gasteiger partial charge in [-0.25, -0.2) is 4.68 Å². The van der Waals surface area contributed by atoms with Crippen molar-refractivity contribution >= 4 is 5.91 Å². The summed E-state index contributed by atoms with van der Waals surface area (Å²) in [7, 11) is 0. The summed E-state index contributed by atoms with van der Waals surface area (Å²) >= 11 is 0. The minimum Gasteiger partial charge on any atom is -0.454 e. The number of hydrogen-bond donors (Lipinski definition) is 1. The summed E-state index contributed by atoms with van der Waals surface area (Å²) < 4.78 is 12.8. The Kier molecular flexibility index (Phi) is 5.02. The largest absolute Gasteiger partial charge is 0.454 e. The van der Waals surface area contributed by atoms with E-state index >= 15 is 0 Å². The number of nitrogens with zero attached hydrogens (tertiary/aromatic N) is 2. The molecule has 1 N–H and O–H groups in total. The molecule has 0 radical (unpaired) electrons. The number of fused-ring (bicyclic) bond motifs is 1. The number of aromatic nitrogens is 2. The Labute approximate surface area is 164 Å². The first kappa shape index (κ1) is 18.1. The summed E-state index contributed by atoms with van der Waals surface area (Å²) in [4.78, 5) is 12.1. The Morgan fingerprint density at radius 3 is 2.71 bits per heavy atom. The van der Waals surface area contributed by atoms with Crippen LogP contribution in [0.25, 0.3) is 16.9 Å². The van der Waals surface area contributed by atoms with Crippen LogP contribution in [0.5, 0.6) is 11.5 Å². The number of carbonyl (C=O) groups excluding carboxylic acids is 1. The van der Waals surface area contributed by atoms with Crippen LogP contribution in [0.4, 0.5) is 0 Å². The Bertz CT molecular complexity index is 980. The number of benzene rings is 2. The van der Waals surface area contributed by atoms with Crippen molar-refractivity contribution < 1.29 is 14.3 Å². The molecule has 1 amide bonds. The molecule has 1 aromatic heterocycles. The van der Waals surface area contributed by atoms with Crippen LogP contribution in [0.15, 0.2) is 54.7 Å². The highest BCUT2D eigenvalue weighted by Crippen LogP contribution is 2.36. The molecule has 0 unspecified atom stereocenters. The van der Waals surface area contributed by atoms with E-state index in [0.717, 1.165) is 34.0 Å². The van der Waals surface area contributed by atoms with Gasteiger partial charge in [0.1, 0.15) is 0 Å². The SMILES string of the molecule is CC(C)NC(=O)CCc1cn(-c2ccccc2)nc1-c1ccc2c(c1)OCO2. The number of amides is 1. The molecule has 0 bridgehead atoms. The lowest BCUT2D eigenvalue weighted by atomic mass is 10.0. The number of aryl methyl sites for hydroxylation is 1. The monoisotopic (exact) mass is 377 g/mol. The Morgan fingerprint density at radius 2 is 1.93 bits per heavy atom. The minimum absolute atomic E-state index is 0.0408. The summed E-state index contributed by atoms with van der Waals surface area (Å²) in [6.45, 7) is 4.16. The summed E-state index contributed by atoms with van der Waals surface area (Å²) in [6, 6.07) is 15.9. The van der Waals surface area contributed by atoms with Gasteiger partial charge in [0.25, 0.3) is 0 Å². The van der Waals surface area contributed by atoms with Gasteiger partial charge in [-0.3, -0.25) is 4.79 Å². The number of ether oxygens (including phenoxy) is 2. The standard InChI is InChI=1S/C22H23N3O3/c1-15(2)23-21(26)11-9-17-13-25(18-6-4-3-5-7-18)24-22(17)16-8-10-19-20(12-16)28-14-27-19/h3-8,10,12-13,15H,9,11,14H2,1-2H3,(H,23,26). The van der Waals surface area contributed by atoms with Crippen LogP contribution in [0.1, 0.15) is 25.8 Å². The number of nitrogens with one attached hydrogen (secondary N) is 1. The molecule has 4 rings (SSSR count). The predicted octanol–water partition coefficient (Wildman–Crippen LogP) is 3.73. The second-order valence-corrected chi connectivity index (χ2v) is 7.07. The van der Waals surface area contributed by atoms with E-state index in [-0.39, 0.29) is 18.7 Å². The summed E-state index contributed by atoms with van der Waals surface area (Å²) in [5.74, 6) is 1.50. The third-order valence-corrected chi connectivity index (χ3v) is 4.53. The highest BCUT2D eigenvalue weighted by Gasteiger charge is 2.18. The van der Waals surface area contributed by atoms with Gasteiger partial charge in [-0.15, -0.1) is 0 Å². The van der Waals surface area contributed by atoms with Gasteiger partial charge in [0.2, 0.25) is 12.7 Å². The molecule has 0 aliphatic carbocycles. The van der Waals surface area contributed by atoms with Crippen molar-refractivity contribution in [2.24, 2.45) is 0 Å². The van der Waals surface area contributed by atoms with E-state index in [9.17, 15) is 4.79 Å². The summed E-state index contributed by atoms with van der Waals surface area (Å²) in [6.07, 6.45) is 3.02. The molecule has 6 nitrogen and oxygen atoms in total. The van der Waals surface area contributed by atoms with E-state index in [2.05, 4.69) is 5.32 Å². The van der Waals surface area contributed by atoms with E-state index < -0.39 is 0 Å². The molecular formula is C22H23N3O3. The smallest absolute Gasteiger partial charge is 0.231 e. The molecule has 28 heavy (non-hydrogen) atoms. The molecule has 1 aliphatic rings. The second-order valence-electron chi connectivity index (χ2n) is 7.07. The zero-order valence-electron chi connectivity index (χ0n) is 16.0. The van der Waals surface area contributed by atoms with Gasteiger partial charge in [-0.2, -0.15) is 5.10 Å². The topological polar surface area (TPSA) is 65.4 Å². The third-order valence-electron chi connectivity index (χ3n) is 4.53. The predicted molar refractivity (Wildman–Crippen MR) is 107 cm³/mol. The Hall–Kier alpha value is -3.28. The quantitative estimate of drug-likeness (QED) is 0.711. The van der Waals surface area contributed by atoms with Crippen molar-refractivity contribution in [3.8, 4) is 28.4 Å². The molecule has 3 aromatic rings. The molecule has 6 heteroatoms. The third kappa shape index (κ3) is 3.86. The molecule has 0 fully saturated rings. The molecule has 0 saturated carbocycles. The van der Waals surface area contributed by atoms with Crippen LogP contribution in [-0.2, 0) is 11.2 Å². The lowest BCUT2D eigenvalue weighted by Crippen LogP contribution is -2.30. The first-order valence-corrected chi connectivity index (χ1v) is 9.43. The van der Waals surface area contributed by atoms with Crippen LogP contribution in [0.3, 0.4) is 0 Å². The fourth-order valence-electron chi connectivity index (χ4n) is 3.23. The lowest BCUT2D eigenvalue weighted by Gasteiger charge is -2.08. The van der Waals surface area contributed by atoms with E-state index in [0.29, 0.717) is 12.8 Å². The van der Waals surface area contributed by atoms with Gasteiger partial charge in [-0.05, 0) is 56.2 Å². The maximum Gasteiger partial charge on any atom is 0.231 e. The van der Waals surface area contributed by atoms with Gasteiger partial charge in [0.15, 0.2) is 11.5 Å². The van der Waals surface area contributed by atoms with Crippen molar-refractivity contribution in [3.05, 3.63) is 60.3 Å². The molecule has 144 valence electrons. The van der Waals surface area contributed by atoms with Crippen molar-refractivity contribution in [1.29, 1.82) is 0 Å². The van der Waals surface area contributed by atoms with Gasteiger partial charge in [-0.1, -0.05) is 18.2 Å². The first-order valence-electron chi connectivity index (χ1n) is 9.43. The van der Waals surface area contributed by atoms with Crippen molar-refractivity contribution in [3.63, 3.8) is 0 Å². The fourth-order valence-corrected chi connectivity index (χ4v) is 3.23. The van der Waals surface area contributed by atoms with E-state index in [4.69, 9.17) is 14.6 Å². The van der Waals surface area contributed by atoms with Gasteiger partial charge in [0, 0.05) is 24.2 Å². The summed E-state index contributed by atoms with van der Waals surface area (Å²) in [5, 5.41) is 7.75. The maximum atomic E-state index is 12.1. The number of rotatable bonds is 6. The highest BCUT2D eigenvalue weighted by molar-refractivity contribution is 5.77. The number of carbonyl (C=O) groups is 1. The summed E-state index contributed by atoms with van der Waals surface area (Å²) in [5.41, 5.74) is 3.78. The van der Waals surface area contributed by atoms with Crippen molar-refractivity contribution in [2.75, 3.05) is 6.79 Å². The number of hydrogen-bond acceptors (Lipinski definition) is 4. The Balaban J connectivity index is 1.67. The highest BCUT2D eigenvalue weighted by atomic mass is 16.7. The van der Waals surface area contributed by atoms with Crippen LogP contribution in [0, 0.1) is 0 Å². The van der Waals surface area contributed by atoms with Crippen LogP contribution >= 0.6 is 0 Å². The van der Waals surface area contributed by atoms with E-state index in [1.54, 1.807) is 0 Å². The molecule has 1 aliphatic heterocycles. The van der Waals surface area contributed by atoms with Gasteiger partial charge < -0.3 is 14.8 Å². The number of para-hydroxylation sites is 1. The van der Waals surface area contributed by atoms with Crippen molar-refractivity contribution in [2.45, 2.75) is 32.7 Å². The lowest BCUT2D eigenvalue weighted by molar-refractivity contribution is -0.121. The average Bonchev–Trinajstić information content (AvgIpc) is 3.33. The zero-order valence-corrected chi connectivity index (χ0v) is 16.0. The normalized spacial score (nSPS) is 12.4. The molecule has 2 heterocycles. The second kappa shape index (κ2) is 7.76. The van der Waals surface area contributed by atoms with Crippen LogP contribution in [0.2, 0.25) is 0 Å². The van der Waals surface area contributed by atoms with E-state index in [1.807, 2.05) is 73.3 Å². The Morgan fingerprint density at radius 1 is 1.14 bits per heavy atom.